The zero-order chi connectivity index (χ0) is 17.5. The molecule has 3 rings (SSSR count). The van der Waals surface area contributed by atoms with E-state index in [-0.39, 0.29) is 5.69 Å². The number of benzene rings is 2. The molecule has 0 radical (unpaired) electrons. The number of nitro groups is 1. The molecule has 1 aromatic heterocycles. The summed E-state index contributed by atoms with van der Waals surface area (Å²) in [5, 5.41) is 11.3. The molecule has 4 nitrogen and oxygen atoms in total. The van der Waals surface area contributed by atoms with Crippen LogP contribution in [0.3, 0.4) is 0 Å². The predicted octanol–water partition coefficient (Wildman–Crippen LogP) is 3.79. The number of aromatic nitrogens is 1. The lowest BCUT2D eigenvalue weighted by Crippen LogP contribution is -1.93. The highest BCUT2D eigenvalue weighted by molar-refractivity contribution is 5.57. The Hall–Kier alpha value is -3.89. The summed E-state index contributed by atoms with van der Waals surface area (Å²) in [4.78, 5) is 14.8. The minimum absolute atomic E-state index is 0.0542. The second kappa shape index (κ2) is 7.59. The molecule has 1 heterocycles. The highest BCUT2D eigenvalue weighted by Gasteiger charge is 2.12. The summed E-state index contributed by atoms with van der Waals surface area (Å²) in [6.07, 6.45) is 3.25. The van der Waals surface area contributed by atoms with Gasteiger partial charge in [-0.15, -0.1) is 0 Å². The van der Waals surface area contributed by atoms with Crippen molar-refractivity contribution in [2.75, 3.05) is 0 Å². The lowest BCUT2D eigenvalue weighted by molar-refractivity contribution is -0.385. The van der Waals surface area contributed by atoms with Gasteiger partial charge in [0.15, 0.2) is 0 Å². The molecule has 0 bridgehead atoms. The van der Waals surface area contributed by atoms with Crippen LogP contribution in [0.1, 0.15) is 22.3 Å². The summed E-state index contributed by atoms with van der Waals surface area (Å²) in [5.74, 6) is 11.7. The van der Waals surface area contributed by atoms with Crippen LogP contribution in [0, 0.1) is 33.8 Å². The Balaban J connectivity index is 1.93. The monoisotopic (exact) mass is 324 g/mol. The highest BCUT2D eigenvalue weighted by atomic mass is 16.6. The van der Waals surface area contributed by atoms with Crippen LogP contribution < -0.4 is 0 Å². The molecule has 0 atom stereocenters. The molecule has 0 saturated heterocycles. The molecule has 25 heavy (non-hydrogen) atoms. The van der Waals surface area contributed by atoms with Gasteiger partial charge in [0.1, 0.15) is 5.56 Å². The number of rotatable bonds is 1. The van der Waals surface area contributed by atoms with E-state index in [4.69, 9.17) is 0 Å². The van der Waals surface area contributed by atoms with Crippen LogP contribution in [0.15, 0.2) is 73.1 Å². The standard InChI is InChI=1S/C21H12N2O2/c24-23(25)21-16-19(7-6-17-4-2-1-3-5-17)9-11-20(21)10-8-18-12-14-22-15-13-18/h1-5,9,11-16H. The fourth-order valence-corrected chi connectivity index (χ4v) is 2.11. The van der Waals surface area contributed by atoms with Gasteiger partial charge >= 0.3 is 0 Å². The zero-order valence-electron chi connectivity index (χ0n) is 13.1. The van der Waals surface area contributed by atoms with Gasteiger partial charge in [-0.25, -0.2) is 0 Å². The van der Waals surface area contributed by atoms with E-state index in [0.29, 0.717) is 11.1 Å². The van der Waals surface area contributed by atoms with E-state index in [2.05, 4.69) is 28.7 Å². The lowest BCUT2D eigenvalue weighted by Gasteiger charge is -1.97. The van der Waals surface area contributed by atoms with Crippen LogP contribution in [0.5, 0.6) is 0 Å². The molecule has 0 unspecified atom stereocenters. The third-order valence-corrected chi connectivity index (χ3v) is 3.34. The van der Waals surface area contributed by atoms with E-state index in [1.807, 2.05) is 30.3 Å². The van der Waals surface area contributed by atoms with Crippen LogP contribution in [0.2, 0.25) is 0 Å². The van der Waals surface area contributed by atoms with Crippen LogP contribution in [0.25, 0.3) is 0 Å². The fraction of sp³-hybridized carbons (Fsp3) is 0. The predicted molar refractivity (Wildman–Crippen MR) is 95.7 cm³/mol. The number of nitro benzene ring substituents is 1. The SMILES string of the molecule is O=[N+]([O-])c1cc(C#Cc2ccccc2)ccc1C#Cc1ccncc1. The van der Waals surface area contributed by atoms with Crippen LogP contribution in [-0.2, 0) is 0 Å². The second-order valence-electron chi connectivity index (χ2n) is 5.09. The maximum Gasteiger partial charge on any atom is 0.286 e. The van der Waals surface area contributed by atoms with Crippen LogP contribution in [-0.4, -0.2) is 9.91 Å². The molecule has 0 amide bonds. The van der Waals surface area contributed by atoms with Gasteiger partial charge in [0, 0.05) is 35.2 Å². The second-order valence-corrected chi connectivity index (χ2v) is 5.09. The molecule has 0 aliphatic heterocycles. The molecular formula is C21H12N2O2. The summed E-state index contributed by atoms with van der Waals surface area (Å²) in [6, 6.07) is 17.8. The third kappa shape index (κ3) is 4.31. The summed E-state index contributed by atoms with van der Waals surface area (Å²) in [7, 11) is 0. The van der Waals surface area contributed by atoms with Gasteiger partial charge < -0.3 is 0 Å². The van der Waals surface area contributed by atoms with Crippen molar-refractivity contribution in [1.29, 1.82) is 0 Å². The molecule has 0 aliphatic rings. The minimum Gasteiger partial charge on any atom is -0.265 e. The molecule has 3 aromatic rings. The first kappa shape index (κ1) is 16.0. The van der Waals surface area contributed by atoms with E-state index in [9.17, 15) is 10.1 Å². The van der Waals surface area contributed by atoms with Crippen molar-refractivity contribution >= 4 is 5.69 Å². The van der Waals surface area contributed by atoms with E-state index in [1.165, 1.54) is 6.07 Å². The Labute approximate surface area is 145 Å². The summed E-state index contributed by atoms with van der Waals surface area (Å²) in [6.45, 7) is 0. The zero-order valence-corrected chi connectivity index (χ0v) is 13.1. The first-order chi connectivity index (χ1) is 12.2. The highest BCUT2D eigenvalue weighted by Crippen LogP contribution is 2.19. The molecule has 0 fully saturated rings. The van der Waals surface area contributed by atoms with Crippen molar-refractivity contribution in [3.05, 3.63) is 105 Å². The number of nitrogens with zero attached hydrogens (tertiary/aromatic N) is 2. The van der Waals surface area contributed by atoms with Crippen molar-refractivity contribution in [3.63, 3.8) is 0 Å². The average Bonchev–Trinajstić information content (AvgIpc) is 2.66. The Kier molecular flexibility index (Phi) is 4.85. The topological polar surface area (TPSA) is 56.0 Å². The summed E-state index contributed by atoms with van der Waals surface area (Å²) in [5.41, 5.74) is 2.47. The Bertz CT molecular complexity index is 1020. The number of hydrogen-bond donors (Lipinski definition) is 0. The van der Waals surface area contributed by atoms with Crippen molar-refractivity contribution < 1.29 is 4.92 Å². The Morgan fingerprint density at radius 2 is 1.40 bits per heavy atom. The van der Waals surface area contributed by atoms with Crippen LogP contribution in [0.4, 0.5) is 5.69 Å². The summed E-state index contributed by atoms with van der Waals surface area (Å²) < 4.78 is 0. The van der Waals surface area contributed by atoms with Crippen molar-refractivity contribution in [1.82, 2.24) is 4.98 Å². The molecule has 4 heteroatoms. The number of pyridine rings is 1. The first-order valence-corrected chi connectivity index (χ1v) is 7.50. The Morgan fingerprint density at radius 3 is 2.12 bits per heavy atom. The molecule has 0 saturated carbocycles. The van der Waals surface area contributed by atoms with Gasteiger partial charge in [-0.05, 0) is 36.4 Å². The van der Waals surface area contributed by atoms with Gasteiger partial charge in [0.25, 0.3) is 5.69 Å². The summed E-state index contributed by atoms with van der Waals surface area (Å²) >= 11 is 0. The normalized spacial score (nSPS) is 9.28. The van der Waals surface area contributed by atoms with Gasteiger partial charge in [-0.1, -0.05) is 41.9 Å². The number of hydrogen-bond acceptors (Lipinski definition) is 3. The smallest absolute Gasteiger partial charge is 0.265 e. The molecule has 0 N–H and O–H groups in total. The van der Waals surface area contributed by atoms with Gasteiger partial charge in [0.05, 0.1) is 4.92 Å². The third-order valence-electron chi connectivity index (χ3n) is 3.34. The quantitative estimate of drug-likeness (QED) is 0.389. The van der Waals surface area contributed by atoms with Crippen molar-refractivity contribution in [2.45, 2.75) is 0 Å². The van der Waals surface area contributed by atoms with E-state index < -0.39 is 4.92 Å². The molecule has 0 spiro atoms. The van der Waals surface area contributed by atoms with Crippen molar-refractivity contribution in [2.24, 2.45) is 0 Å². The van der Waals surface area contributed by atoms with Crippen LogP contribution >= 0.6 is 0 Å². The Morgan fingerprint density at radius 1 is 0.760 bits per heavy atom. The molecular weight excluding hydrogens is 312 g/mol. The largest absolute Gasteiger partial charge is 0.286 e. The van der Waals surface area contributed by atoms with E-state index >= 15 is 0 Å². The maximum absolute atomic E-state index is 11.3. The first-order valence-electron chi connectivity index (χ1n) is 7.50. The minimum atomic E-state index is -0.440. The van der Waals surface area contributed by atoms with Crippen molar-refractivity contribution in [3.8, 4) is 23.7 Å². The fourth-order valence-electron chi connectivity index (χ4n) is 2.11. The van der Waals surface area contributed by atoms with Gasteiger partial charge in [0.2, 0.25) is 0 Å². The molecule has 0 aliphatic carbocycles. The maximum atomic E-state index is 11.3. The molecule has 2 aromatic carbocycles. The molecule has 118 valence electrons. The van der Waals surface area contributed by atoms with E-state index in [0.717, 1.165) is 11.1 Å². The van der Waals surface area contributed by atoms with Gasteiger partial charge in [-0.2, -0.15) is 0 Å². The lowest BCUT2D eigenvalue weighted by atomic mass is 10.1. The van der Waals surface area contributed by atoms with E-state index in [1.54, 1.807) is 36.7 Å². The average molecular weight is 324 g/mol. The van der Waals surface area contributed by atoms with Gasteiger partial charge in [-0.3, -0.25) is 15.1 Å².